The van der Waals surface area contributed by atoms with Gasteiger partial charge in [0.1, 0.15) is 30.0 Å². The van der Waals surface area contributed by atoms with Gasteiger partial charge in [0.15, 0.2) is 0 Å². The van der Waals surface area contributed by atoms with Gasteiger partial charge in [-0.05, 0) is 100 Å². The van der Waals surface area contributed by atoms with E-state index < -0.39 is 24.2 Å². The number of anilines is 1. The number of nitrogens with zero attached hydrogens (tertiary/aromatic N) is 2. The Morgan fingerprint density at radius 3 is 2.19 bits per heavy atom. The van der Waals surface area contributed by atoms with Crippen molar-refractivity contribution in [2.45, 2.75) is 63.6 Å². The van der Waals surface area contributed by atoms with Crippen LogP contribution in [0.15, 0.2) is 133 Å². The molecule has 0 saturated heterocycles. The summed E-state index contributed by atoms with van der Waals surface area (Å²) < 4.78 is 31.2. The molecule has 0 radical (unpaired) electrons. The van der Waals surface area contributed by atoms with E-state index in [0.29, 0.717) is 52.4 Å². The first kappa shape index (κ1) is 43.4. The number of ether oxygens (including phenoxy) is 3. The quantitative estimate of drug-likeness (QED) is 0.115. The summed E-state index contributed by atoms with van der Waals surface area (Å²) >= 11 is 12.2. The minimum absolute atomic E-state index is 0.128. The smallest absolute Gasteiger partial charge is 0.328 e. The number of benzene rings is 6. The minimum atomic E-state index is -0.958. The Hall–Kier alpha value is -6.20. The Bertz CT molecular complexity index is 2610. The van der Waals surface area contributed by atoms with Crippen LogP contribution < -0.4 is 19.7 Å². The van der Waals surface area contributed by atoms with E-state index >= 15 is 0 Å². The number of fused-ring (bicyclic) bond motifs is 2. The highest BCUT2D eigenvalue weighted by molar-refractivity contribution is 6.42. The average Bonchev–Trinajstić information content (AvgIpc) is 3.30. The molecule has 1 unspecified atom stereocenters. The summed E-state index contributed by atoms with van der Waals surface area (Å²) in [5.41, 5.74) is 7.68. The van der Waals surface area contributed by atoms with Crippen LogP contribution >= 0.6 is 23.2 Å². The molecule has 0 fully saturated rings. The lowest BCUT2D eigenvalue weighted by molar-refractivity contribution is -0.146. The van der Waals surface area contributed by atoms with Gasteiger partial charge in [-0.25, -0.2) is 9.18 Å². The molecular formula is C51H46Cl2FN3O6. The van der Waals surface area contributed by atoms with Crippen LogP contribution in [0.2, 0.25) is 10.0 Å². The summed E-state index contributed by atoms with van der Waals surface area (Å²) in [6.07, 6.45) is 0.365. The van der Waals surface area contributed by atoms with Gasteiger partial charge in [0.2, 0.25) is 12.0 Å². The first-order valence-electron chi connectivity index (χ1n) is 20.8. The minimum Gasteiger partial charge on any atom is -0.489 e. The molecule has 0 aliphatic carbocycles. The fourth-order valence-electron chi connectivity index (χ4n) is 8.42. The Morgan fingerprint density at radius 2 is 1.52 bits per heavy atom. The lowest BCUT2D eigenvalue weighted by atomic mass is 9.88. The number of carbonyl (C=O) groups is 3. The molecule has 2 aliphatic rings. The van der Waals surface area contributed by atoms with Crippen molar-refractivity contribution in [2.24, 2.45) is 0 Å². The monoisotopic (exact) mass is 885 g/mol. The molecule has 6 aromatic rings. The number of rotatable bonds is 13. The van der Waals surface area contributed by atoms with Crippen LogP contribution in [0.5, 0.6) is 11.5 Å². The van der Waals surface area contributed by atoms with Gasteiger partial charge >= 0.3 is 5.97 Å². The second kappa shape index (κ2) is 19.0. The molecule has 6 aromatic carbocycles. The lowest BCUT2D eigenvalue weighted by Crippen LogP contribution is -2.55. The molecule has 0 saturated carbocycles. The van der Waals surface area contributed by atoms with E-state index in [0.717, 1.165) is 45.4 Å². The molecule has 2 heterocycles. The molecule has 2 aliphatic heterocycles. The number of nitrogens with one attached hydrogen (secondary N) is 1. The maximum absolute atomic E-state index is 14.6. The molecule has 63 heavy (non-hydrogen) atoms. The van der Waals surface area contributed by atoms with E-state index in [1.54, 1.807) is 48.3 Å². The molecule has 12 heteroatoms. The molecule has 9 nitrogen and oxygen atoms in total. The number of methoxy groups -OCH3 is 1. The molecule has 0 aromatic heterocycles. The number of amides is 2. The number of halogens is 3. The van der Waals surface area contributed by atoms with Crippen molar-refractivity contribution in [2.75, 3.05) is 19.1 Å². The highest BCUT2D eigenvalue weighted by Crippen LogP contribution is 2.43. The second-order valence-corrected chi connectivity index (χ2v) is 16.6. The highest BCUT2D eigenvalue weighted by atomic mass is 35.5. The number of hydrogen-bond donors (Lipinski definition) is 1. The predicted octanol–water partition coefficient (Wildman–Crippen LogP) is 10.3. The number of hydrogen-bond acceptors (Lipinski definition) is 7. The van der Waals surface area contributed by atoms with Crippen LogP contribution in [0.4, 0.5) is 10.1 Å². The molecule has 1 N–H and O–H groups in total. The van der Waals surface area contributed by atoms with E-state index in [1.807, 2.05) is 72.8 Å². The lowest BCUT2D eigenvalue weighted by Gasteiger charge is -2.42. The van der Waals surface area contributed by atoms with Gasteiger partial charge in [0.05, 0.1) is 28.9 Å². The van der Waals surface area contributed by atoms with Gasteiger partial charge < -0.3 is 24.4 Å². The summed E-state index contributed by atoms with van der Waals surface area (Å²) in [5, 5.41) is 3.98. The molecule has 322 valence electrons. The molecule has 4 atom stereocenters. The van der Waals surface area contributed by atoms with Crippen molar-refractivity contribution in [3.8, 4) is 22.6 Å². The number of esters is 1. The zero-order valence-electron chi connectivity index (χ0n) is 35.0. The van der Waals surface area contributed by atoms with Crippen molar-refractivity contribution in [3.05, 3.63) is 183 Å². The third kappa shape index (κ3) is 9.59. The predicted molar refractivity (Wildman–Crippen MR) is 242 cm³/mol. The van der Waals surface area contributed by atoms with Crippen molar-refractivity contribution >= 4 is 46.7 Å². The maximum atomic E-state index is 14.6. The summed E-state index contributed by atoms with van der Waals surface area (Å²) in [6, 6.07) is 38.7. The van der Waals surface area contributed by atoms with E-state index in [-0.39, 0.29) is 30.1 Å². The first-order chi connectivity index (χ1) is 30.5. The Balaban J connectivity index is 1.03. The summed E-state index contributed by atoms with van der Waals surface area (Å²) in [7, 11) is 3.04. The third-order valence-corrected chi connectivity index (χ3v) is 12.6. The van der Waals surface area contributed by atoms with Crippen LogP contribution in [0.25, 0.3) is 11.1 Å². The van der Waals surface area contributed by atoms with Gasteiger partial charge in [-0.15, -0.1) is 0 Å². The van der Waals surface area contributed by atoms with Gasteiger partial charge in [0, 0.05) is 31.6 Å². The Labute approximate surface area is 376 Å². The van der Waals surface area contributed by atoms with Crippen LogP contribution in [-0.2, 0) is 45.1 Å². The summed E-state index contributed by atoms with van der Waals surface area (Å²) in [6.45, 7) is 2.80. The first-order valence-corrected chi connectivity index (χ1v) is 21.6. The Kier molecular flexibility index (Phi) is 13.1. The average molecular weight is 887 g/mol. The fraction of sp³-hybridized carbons (Fsp3) is 0.235. The van der Waals surface area contributed by atoms with E-state index in [2.05, 4.69) is 29.3 Å². The van der Waals surface area contributed by atoms with Gasteiger partial charge in [-0.3, -0.25) is 14.5 Å². The zero-order chi connectivity index (χ0) is 44.2. The summed E-state index contributed by atoms with van der Waals surface area (Å²) in [5.74, 6) is -0.234. The normalized spacial score (nSPS) is 16.9. The van der Waals surface area contributed by atoms with E-state index in [1.165, 1.54) is 19.2 Å². The largest absolute Gasteiger partial charge is 0.489 e. The van der Waals surface area contributed by atoms with Crippen LogP contribution in [0.1, 0.15) is 58.9 Å². The Morgan fingerprint density at radius 1 is 0.841 bits per heavy atom. The third-order valence-electron chi connectivity index (χ3n) is 11.8. The maximum Gasteiger partial charge on any atom is 0.328 e. The van der Waals surface area contributed by atoms with Gasteiger partial charge in [-0.1, -0.05) is 115 Å². The second-order valence-electron chi connectivity index (χ2n) is 15.8. The van der Waals surface area contributed by atoms with Crippen molar-refractivity contribution in [1.29, 1.82) is 0 Å². The number of likely N-dealkylation sites (N-methyl/N-ethyl adjacent to an activating group) is 1. The molecule has 0 spiro atoms. The van der Waals surface area contributed by atoms with Crippen molar-refractivity contribution < 1.29 is 33.0 Å². The highest BCUT2D eigenvalue weighted by Gasteiger charge is 2.40. The van der Waals surface area contributed by atoms with Crippen LogP contribution in [0, 0.1) is 5.82 Å². The van der Waals surface area contributed by atoms with Crippen molar-refractivity contribution in [3.63, 3.8) is 0 Å². The SMILES string of the molecule is CC[C@@H](c1ccccc1)N1Cc2cc3c(cc2C[C@H]1C(=O)NC(Cc1ccc(-c2ccc(F)cc2)cc1)C(=O)OC)N(C)C(=O)[C@H](c1ccc(OCc2ccc(Cl)c(Cl)c2)cc1)O3. The fourth-order valence-corrected chi connectivity index (χ4v) is 8.74. The zero-order valence-corrected chi connectivity index (χ0v) is 36.5. The molecular weight excluding hydrogens is 840 g/mol. The standard InChI is InChI=1S/C51H46Cl2FN3O6/c1-4-44(35-8-6-5-7-9-35)57-29-38-28-47-45(56(2)50(59)48(63-47)36-17-21-40(22-18-36)62-30-32-12-23-41(52)42(53)24-32)26-37(38)27-46(57)49(58)55-43(51(60)61-3)25-31-10-13-33(14-11-31)34-15-19-39(54)20-16-34/h5-24,26,28,43-44,46,48H,4,25,27,29-30H2,1-3H3,(H,55,58)/t43?,44-,46-,48-/m0/s1. The van der Waals surface area contributed by atoms with Crippen LogP contribution in [0.3, 0.4) is 0 Å². The van der Waals surface area contributed by atoms with Gasteiger partial charge in [0.25, 0.3) is 5.91 Å². The van der Waals surface area contributed by atoms with E-state index in [4.69, 9.17) is 37.4 Å². The van der Waals surface area contributed by atoms with Crippen LogP contribution in [-0.4, -0.2) is 48.9 Å². The molecule has 2 amide bonds. The van der Waals surface area contributed by atoms with E-state index in [9.17, 15) is 18.8 Å². The molecule has 8 rings (SSSR count). The topological polar surface area (TPSA) is 97.4 Å². The van der Waals surface area contributed by atoms with Crippen molar-refractivity contribution in [1.82, 2.24) is 10.2 Å². The summed E-state index contributed by atoms with van der Waals surface area (Å²) in [4.78, 5) is 45.6. The molecule has 0 bridgehead atoms. The number of carbonyl (C=O) groups excluding carboxylic acids is 3. The van der Waals surface area contributed by atoms with Gasteiger partial charge in [-0.2, -0.15) is 0 Å².